The number of nitrogens with zero attached hydrogens (tertiary/aromatic N) is 7. The number of benzene rings is 1. The first-order chi connectivity index (χ1) is 16.9. The molecule has 3 aromatic rings. The molecule has 0 atom stereocenters. The molecule has 0 N–H and O–H groups in total. The monoisotopic (exact) mass is 459 g/mol. The van der Waals surface area contributed by atoms with E-state index in [4.69, 9.17) is 0 Å². The summed E-state index contributed by atoms with van der Waals surface area (Å²) in [6.07, 6.45) is 6.75. The Labute approximate surface area is 204 Å². The minimum Gasteiger partial charge on any atom is -0.344 e. The summed E-state index contributed by atoms with van der Waals surface area (Å²) in [6.45, 7) is 9.16. The van der Waals surface area contributed by atoms with Gasteiger partial charge in [-0.15, -0.1) is 0 Å². The number of rotatable bonds is 2. The van der Waals surface area contributed by atoms with Crippen molar-refractivity contribution in [2.75, 3.05) is 11.4 Å². The van der Waals surface area contributed by atoms with Crippen LogP contribution in [0.15, 0.2) is 30.0 Å². The Bertz CT molecular complexity index is 1660. The maximum atomic E-state index is 9.96. The lowest BCUT2D eigenvalue weighted by molar-refractivity contribution is 0.626. The lowest BCUT2D eigenvalue weighted by atomic mass is 9.83. The van der Waals surface area contributed by atoms with Gasteiger partial charge in [-0.1, -0.05) is 45.0 Å². The zero-order valence-corrected chi connectivity index (χ0v) is 20.3. The van der Waals surface area contributed by atoms with E-state index in [1.807, 2.05) is 32.1 Å². The molecule has 7 heteroatoms. The van der Waals surface area contributed by atoms with Crippen LogP contribution in [0, 0.1) is 40.9 Å². The average molecular weight is 460 g/mol. The molecule has 0 fully saturated rings. The van der Waals surface area contributed by atoms with E-state index in [9.17, 15) is 15.8 Å². The van der Waals surface area contributed by atoms with Gasteiger partial charge in [-0.05, 0) is 42.5 Å². The fourth-order valence-electron chi connectivity index (χ4n) is 5.46. The molecule has 0 aliphatic carbocycles. The molecule has 2 aliphatic rings. The molecular formula is C28H25N7. The van der Waals surface area contributed by atoms with Crippen molar-refractivity contribution in [3.05, 3.63) is 68.6 Å². The number of allylic oxidation sites excluding steroid dienone is 2. The van der Waals surface area contributed by atoms with E-state index >= 15 is 0 Å². The van der Waals surface area contributed by atoms with Gasteiger partial charge >= 0.3 is 0 Å². The third-order valence-electron chi connectivity index (χ3n) is 7.24. The summed E-state index contributed by atoms with van der Waals surface area (Å²) in [6, 6.07) is 12.9. The van der Waals surface area contributed by atoms with E-state index in [1.165, 1.54) is 21.3 Å². The molecule has 2 aliphatic heterocycles. The molecule has 1 aromatic carbocycles. The molecule has 2 aromatic heterocycles. The van der Waals surface area contributed by atoms with E-state index in [2.05, 4.69) is 59.2 Å². The highest BCUT2D eigenvalue weighted by Gasteiger charge is 2.41. The molecule has 0 bridgehead atoms. The smallest absolute Gasteiger partial charge is 0.174 e. The van der Waals surface area contributed by atoms with Gasteiger partial charge in [-0.2, -0.15) is 20.9 Å². The first kappa shape index (κ1) is 22.4. The Morgan fingerprint density at radius 1 is 1.17 bits per heavy atom. The second kappa shape index (κ2) is 8.12. The van der Waals surface area contributed by atoms with Crippen molar-refractivity contribution in [2.24, 2.45) is 0 Å². The predicted molar refractivity (Wildman–Crippen MR) is 133 cm³/mol. The van der Waals surface area contributed by atoms with E-state index < -0.39 is 0 Å². The molecular weight excluding hydrogens is 434 g/mol. The van der Waals surface area contributed by atoms with Crippen LogP contribution >= 0.6 is 0 Å². The van der Waals surface area contributed by atoms with Crippen LogP contribution in [0.1, 0.15) is 55.3 Å². The molecule has 35 heavy (non-hydrogen) atoms. The molecule has 0 amide bonds. The van der Waals surface area contributed by atoms with Crippen molar-refractivity contribution in [2.45, 2.75) is 52.4 Å². The van der Waals surface area contributed by atoms with Crippen molar-refractivity contribution in [1.82, 2.24) is 14.6 Å². The first-order valence-electron chi connectivity index (χ1n) is 11.8. The fourth-order valence-corrected chi connectivity index (χ4v) is 5.46. The summed E-state index contributed by atoms with van der Waals surface area (Å²) in [5, 5.41) is 35.0. The number of aromatic nitrogens is 3. The molecule has 0 radical (unpaired) electrons. The summed E-state index contributed by atoms with van der Waals surface area (Å²) in [5.74, 6) is 0.557. The second-order valence-corrected chi connectivity index (χ2v) is 9.50. The summed E-state index contributed by atoms with van der Waals surface area (Å²) in [7, 11) is 0. The fraction of sp³-hybridized carbons (Fsp3) is 0.321. The normalized spacial score (nSPS) is 17.2. The van der Waals surface area contributed by atoms with Gasteiger partial charge in [0.2, 0.25) is 0 Å². The maximum absolute atomic E-state index is 9.96. The van der Waals surface area contributed by atoms with Crippen LogP contribution in [0.3, 0.4) is 0 Å². The lowest BCUT2D eigenvalue weighted by Crippen LogP contribution is -2.37. The van der Waals surface area contributed by atoms with Crippen LogP contribution in [0.5, 0.6) is 0 Å². The molecule has 0 saturated heterocycles. The number of anilines is 1. The number of nitriles is 3. The average Bonchev–Trinajstić information content (AvgIpc) is 3.38. The molecule has 0 spiro atoms. The second-order valence-electron chi connectivity index (χ2n) is 9.50. The number of hydrogen-bond acceptors (Lipinski definition) is 6. The largest absolute Gasteiger partial charge is 0.344 e. The van der Waals surface area contributed by atoms with Crippen molar-refractivity contribution >= 4 is 23.0 Å². The van der Waals surface area contributed by atoms with Crippen LogP contribution in [0.2, 0.25) is 0 Å². The number of para-hydroxylation sites is 1. The van der Waals surface area contributed by atoms with Gasteiger partial charge in [0, 0.05) is 35.0 Å². The third kappa shape index (κ3) is 3.15. The van der Waals surface area contributed by atoms with E-state index in [-0.39, 0.29) is 11.0 Å². The van der Waals surface area contributed by atoms with Crippen molar-refractivity contribution in [1.29, 1.82) is 15.8 Å². The number of fused-ring (bicyclic) bond motifs is 1. The Kier molecular flexibility index (Phi) is 5.19. The van der Waals surface area contributed by atoms with Crippen molar-refractivity contribution in [3.63, 3.8) is 0 Å². The quantitative estimate of drug-likeness (QED) is 0.583. The maximum Gasteiger partial charge on any atom is 0.174 e. The van der Waals surface area contributed by atoms with Crippen LogP contribution < -0.4 is 15.5 Å². The number of aryl methyl sites for hydroxylation is 2. The highest BCUT2D eigenvalue weighted by Crippen LogP contribution is 2.50. The molecule has 0 unspecified atom stereocenters. The summed E-state index contributed by atoms with van der Waals surface area (Å²) < 4.78 is 1.49. The minimum atomic E-state index is -0.206. The van der Waals surface area contributed by atoms with Gasteiger partial charge in [0.15, 0.2) is 17.0 Å². The van der Waals surface area contributed by atoms with Crippen molar-refractivity contribution in [3.8, 4) is 18.2 Å². The summed E-state index contributed by atoms with van der Waals surface area (Å²) in [4.78, 5) is 6.90. The van der Waals surface area contributed by atoms with Crippen LogP contribution in [-0.4, -0.2) is 21.1 Å². The third-order valence-corrected chi connectivity index (χ3v) is 7.24. The standard InChI is InChI=1S/C28H25N7/c1-5-24-32-27-21(16-31)17(2)20(25(35(27)33-24)19(14-29)15-30)11-12-23-28(3,4)22-10-6-8-18-9-7-13-34(23)26(18)22/h6,8,10-12H,5,7,9,13H2,1-4H3/b20-11-,23-12+. The predicted octanol–water partition coefficient (Wildman–Crippen LogP) is 3.08. The SMILES string of the molecule is CCc1nc2c(C#N)c(C)/c(=C/C=C3/N4CCCc5cccc(c54)C3(C)C)c(=C(C#N)C#N)n2n1. The van der Waals surface area contributed by atoms with E-state index in [1.54, 1.807) is 0 Å². The van der Waals surface area contributed by atoms with Gasteiger partial charge in [0.25, 0.3) is 0 Å². The van der Waals surface area contributed by atoms with E-state index in [0.717, 1.165) is 25.1 Å². The Hall–Kier alpha value is -4.41. The van der Waals surface area contributed by atoms with Crippen LogP contribution in [0.25, 0.3) is 17.3 Å². The minimum absolute atomic E-state index is 0.0611. The van der Waals surface area contributed by atoms with Crippen LogP contribution in [-0.2, 0) is 18.3 Å². The topological polar surface area (TPSA) is 105 Å². The molecule has 7 nitrogen and oxygen atoms in total. The van der Waals surface area contributed by atoms with Gasteiger partial charge in [0.05, 0.1) is 0 Å². The van der Waals surface area contributed by atoms with Crippen LogP contribution in [0.4, 0.5) is 5.69 Å². The first-order valence-corrected chi connectivity index (χ1v) is 11.8. The zero-order chi connectivity index (χ0) is 24.9. The summed E-state index contributed by atoms with van der Waals surface area (Å²) in [5.41, 5.74) is 6.33. The van der Waals surface area contributed by atoms with Gasteiger partial charge in [-0.3, -0.25) is 0 Å². The van der Waals surface area contributed by atoms with Gasteiger partial charge < -0.3 is 4.90 Å². The molecule has 172 valence electrons. The lowest BCUT2D eigenvalue weighted by Gasteiger charge is -2.30. The number of hydrogen-bond donors (Lipinski definition) is 0. The van der Waals surface area contributed by atoms with E-state index in [0.29, 0.717) is 39.6 Å². The molecule has 5 rings (SSSR count). The highest BCUT2D eigenvalue weighted by molar-refractivity contribution is 5.77. The van der Waals surface area contributed by atoms with Crippen molar-refractivity contribution < 1.29 is 0 Å². The highest BCUT2D eigenvalue weighted by atomic mass is 15.3. The Balaban J connectivity index is 1.88. The molecule has 4 heterocycles. The zero-order valence-electron chi connectivity index (χ0n) is 20.3. The van der Waals surface area contributed by atoms with Gasteiger partial charge in [0.1, 0.15) is 29.1 Å². The Morgan fingerprint density at radius 2 is 1.94 bits per heavy atom. The summed E-state index contributed by atoms with van der Waals surface area (Å²) >= 11 is 0. The Morgan fingerprint density at radius 3 is 2.63 bits per heavy atom. The molecule has 0 saturated carbocycles. The number of pyridine rings is 1. The van der Waals surface area contributed by atoms with Gasteiger partial charge in [-0.25, -0.2) is 9.50 Å².